The molecule has 33 heavy (non-hydrogen) atoms. The zero-order valence-corrected chi connectivity index (χ0v) is 18.7. The van der Waals surface area contributed by atoms with E-state index in [2.05, 4.69) is 15.3 Å². The largest absolute Gasteiger partial charge is 0.497 e. The van der Waals surface area contributed by atoms with Crippen molar-refractivity contribution in [1.82, 2.24) is 20.2 Å². The summed E-state index contributed by atoms with van der Waals surface area (Å²) in [7, 11) is 3.15. The highest BCUT2D eigenvalue weighted by molar-refractivity contribution is 5.97. The zero-order chi connectivity index (χ0) is 23.2. The van der Waals surface area contributed by atoms with Crippen LogP contribution < -0.4 is 14.8 Å². The van der Waals surface area contributed by atoms with E-state index in [1.165, 1.54) is 0 Å². The average molecular weight is 447 g/mol. The van der Waals surface area contributed by atoms with Crippen molar-refractivity contribution in [2.24, 2.45) is 0 Å². The van der Waals surface area contributed by atoms with Crippen LogP contribution in [0, 0.1) is 0 Å². The highest BCUT2D eigenvalue weighted by Gasteiger charge is 2.26. The van der Waals surface area contributed by atoms with Crippen LogP contribution in [0.5, 0.6) is 11.5 Å². The Morgan fingerprint density at radius 1 is 1.09 bits per heavy atom. The van der Waals surface area contributed by atoms with Gasteiger partial charge in [0.2, 0.25) is 5.91 Å². The molecule has 1 aromatic heterocycles. The van der Waals surface area contributed by atoms with Crippen LogP contribution in [0.3, 0.4) is 0 Å². The second-order valence-corrected chi connectivity index (χ2v) is 7.75. The van der Waals surface area contributed by atoms with Gasteiger partial charge in [0.15, 0.2) is 5.82 Å². The Kier molecular flexibility index (Phi) is 6.83. The first-order valence-corrected chi connectivity index (χ1v) is 10.8. The molecule has 170 valence electrons. The smallest absolute Gasteiger partial charge is 0.257 e. The predicted molar refractivity (Wildman–Crippen MR) is 123 cm³/mol. The lowest BCUT2D eigenvalue weighted by molar-refractivity contribution is -0.122. The molecule has 1 N–H and O–H groups in total. The highest BCUT2D eigenvalue weighted by Crippen LogP contribution is 2.23. The van der Waals surface area contributed by atoms with Gasteiger partial charge >= 0.3 is 0 Å². The number of carbonyl (C=O) groups is 2. The molecule has 8 heteroatoms. The lowest BCUT2D eigenvalue weighted by Gasteiger charge is -2.20. The fourth-order valence-electron chi connectivity index (χ4n) is 3.77. The summed E-state index contributed by atoms with van der Waals surface area (Å²) in [4.78, 5) is 36.3. The number of carbonyl (C=O) groups excluding carboxylic acids is 2. The van der Waals surface area contributed by atoms with E-state index in [1.807, 2.05) is 42.5 Å². The second kappa shape index (κ2) is 10.1. The fraction of sp³-hybridized carbons (Fsp3) is 0.280. The van der Waals surface area contributed by atoms with Gasteiger partial charge in [-0.3, -0.25) is 9.59 Å². The number of amides is 2. The summed E-state index contributed by atoms with van der Waals surface area (Å²) in [6.07, 6.45) is 2.96. The van der Waals surface area contributed by atoms with E-state index in [1.54, 1.807) is 31.4 Å². The van der Waals surface area contributed by atoms with E-state index in [4.69, 9.17) is 9.47 Å². The van der Waals surface area contributed by atoms with Crippen LogP contribution in [0.25, 0.3) is 11.4 Å². The number of fused-ring (bicyclic) bond motifs is 1. The maximum atomic E-state index is 13.1. The molecule has 1 aliphatic heterocycles. The molecule has 4 rings (SSSR count). The summed E-state index contributed by atoms with van der Waals surface area (Å²) in [5, 5.41) is 2.87. The Hall–Kier alpha value is -3.94. The van der Waals surface area contributed by atoms with Crippen LogP contribution >= 0.6 is 0 Å². The van der Waals surface area contributed by atoms with E-state index in [0.29, 0.717) is 42.4 Å². The first-order chi connectivity index (χ1) is 16.1. The van der Waals surface area contributed by atoms with Crippen LogP contribution in [0.1, 0.15) is 28.0 Å². The van der Waals surface area contributed by atoms with Gasteiger partial charge in [0.25, 0.3) is 5.91 Å². The van der Waals surface area contributed by atoms with Crippen molar-refractivity contribution in [1.29, 1.82) is 0 Å². The zero-order valence-electron chi connectivity index (χ0n) is 18.7. The van der Waals surface area contributed by atoms with Gasteiger partial charge in [0.05, 0.1) is 32.0 Å². The summed E-state index contributed by atoms with van der Waals surface area (Å²) in [6.45, 7) is 0.755. The van der Waals surface area contributed by atoms with Crippen molar-refractivity contribution >= 4 is 11.8 Å². The Morgan fingerprint density at radius 3 is 2.52 bits per heavy atom. The third-order valence-electron chi connectivity index (χ3n) is 5.49. The number of hydrogen-bond acceptors (Lipinski definition) is 6. The number of ether oxygens (including phenoxy) is 2. The van der Waals surface area contributed by atoms with Crippen LogP contribution in [-0.2, 0) is 17.8 Å². The van der Waals surface area contributed by atoms with Gasteiger partial charge < -0.3 is 19.7 Å². The van der Waals surface area contributed by atoms with Gasteiger partial charge in [-0.15, -0.1) is 0 Å². The molecule has 8 nitrogen and oxygen atoms in total. The summed E-state index contributed by atoms with van der Waals surface area (Å²) in [5.41, 5.74) is 2.93. The molecule has 3 aromatic rings. The van der Waals surface area contributed by atoms with E-state index in [0.717, 1.165) is 23.2 Å². The minimum atomic E-state index is -0.240. The summed E-state index contributed by atoms with van der Waals surface area (Å²) in [6, 6.07) is 15.1. The highest BCUT2D eigenvalue weighted by atomic mass is 16.5. The molecular weight excluding hydrogens is 420 g/mol. The number of nitrogens with zero attached hydrogens (tertiary/aromatic N) is 3. The van der Waals surface area contributed by atoms with E-state index in [9.17, 15) is 9.59 Å². The number of rotatable bonds is 7. The van der Waals surface area contributed by atoms with Gasteiger partial charge in [-0.2, -0.15) is 0 Å². The Bertz CT molecular complexity index is 1130. The normalized spacial score (nSPS) is 13.2. The van der Waals surface area contributed by atoms with E-state index in [-0.39, 0.29) is 18.4 Å². The summed E-state index contributed by atoms with van der Waals surface area (Å²) < 4.78 is 10.5. The Labute approximate surface area is 192 Å². The quantitative estimate of drug-likeness (QED) is 0.600. The summed E-state index contributed by atoms with van der Waals surface area (Å²) in [5.74, 6) is 1.43. The molecule has 2 amide bonds. The lowest BCUT2D eigenvalue weighted by atomic mass is 10.1. The molecule has 0 atom stereocenters. The SMILES string of the molecule is COc1cc(CNC(=O)CN2CCCc3nc(-c4ccccc4)ncc3C2=O)cc(OC)c1. The van der Waals surface area contributed by atoms with Crippen LogP contribution in [0.2, 0.25) is 0 Å². The minimum absolute atomic E-state index is 0.0280. The predicted octanol–water partition coefficient (Wildman–Crippen LogP) is 2.87. The van der Waals surface area contributed by atoms with E-state index >= 15 is 0 Å². The molecule has 2 heterocycles. The van der Waals surface area contributed by atoms with Crippen molar-refractivity contribution in [3.05, 3.63) is 71.5 Å². The van der Waals surface area contributed by atoms with Crippen molar-refractivity contribution in [3.63, 3.8) is 0 Å². The number of methoxy groups -OCH3 is 2. The van der Waals surface area contributed by atoms with Crippen LogP contribution in [-0.4, -0.2) is 54.0 Å². The van der Waals surface area contributed by atoms with Gasteiger partial charge in [-0.05, 0) is 30.5 Å². The monoisotopic (exact) mass is 446 g/mol. The minimum Gasteiger partial charge on any atom is -0.497 e. The Balaban J connectivity index is 1.42. The Morgan fingerprint density at radius 2 is 1.82 bits per heavy atom. The number of aryl methyl sites for hydroxylation is 1. The third-order valence-corrected chi connectivity index (χ3v) is 5.49. The van der Waals surface area contributed by atoms with Gasteiger partial charge in [0, 0.05) is 30.9 Å². The first-order valence-electron chi connectivity index (χ1n) is 10.8. The first kappa shape index (κ1) is 22.3. The van der Waals surface area contributed by atoms with E-state index < -0.39 is 0 Å². The second-order valence-electron chi connectivity index (χ2n) is 7.75. The van der Waals surface area contributed by atoms with Crippen LogP contribution in [0.15, 0.2) is 54.7 Å². The number of hydrogen-bond donors (Lipinski definition) is 1. The maximum Gasteiger partial charge on any atom is 0.257 e. The molecular formula is C25H26N4O4. The topological polar surface area (TPSA) is 93.6 Å². The number of benzene rings is 2. The molecule has 0 saturated heterocycles. The van der Waals surface area contributed by atoms with Crippen molar-refractivity contribution in [3.8, 4) is 22.9 Å². The molecule has 0 bridgehead atoms. The number of nitrogens with one attached hydrogen (secondary N) is 1. The molecule has 2 aromatic carbocycles. The van der Waals surface area contributed by atoms with Gasteiger partial charge in [0.1, 0.15) is 11.5 Å². The maximum absolute atomic E-state index is 13.1. The van der Waals surface area contributed by atoms with Crippen molar-refractivity contribution < 1.29 is 19.1 Å². The van der Waals surface area contributed by atoms with Crippen molar-refractivity contribution in [2.45, 2.75) is 19.4 Å². The molecule has 0 fully saturated rings. The molecule has 0 unspecified atom stereocenters. The standard InChI is InChI=1S/C25H26N4O4/c1-32-19-11-17(12-20(13-19)33-2)14-26-23(30)16-29-10-6-9-22-21(25(29)31)15-27-24(28-22)18-7-4-3-5-8-18/h3-5,7-8,11-13,15H,6,9-10,14,16H2,1-2H3,(H,26,30). The summed E-state index contributed by atoms with van der Waals surface area (Å²) >= 11 is 0. The van der Waals surface area contributed by atoms with Gasteiger partial charge in [-0.1, -0.05) is 30.3 Å². The molecule has 0 saturated carbocycles. The van der Waals surface area contributed by atoms with Crippen LogP contribution in [0.4, 0.5) is 0 Å². The van der Waals surface area contributed by atoms with Gasteiger partial charge in [-0.25, -0.2) is 9.97 Å². The molecule has 0 spiro atoms. The molecule has 0 aliphatic carbocycles. The number of aromatic nitrogens is 2. The molecule has 0 radical (unpaired) electrons. The average Bonchev–Trinajstić information content (AvgIpc) is 3.01. The molecule has 1 aliphatic rings. The third kappa shape index (κ3) is 5.28. The fourth-order valence-corrected chi connectivity index (χ4v) is 3.77. The lowest BCUT2D eigenvalue weighted by Crippen LogP contribution is -2.40. The van der Waals surface area contributed by atoms with Crippen molar-refractivity contribution in [2.75, 3.05) is 27.3 Å².